The lowest BCUT2D eigenvalue weighted by Crippen LogP contribution is -2.19. The third-order valence-corrected chi connectivity index (χ3v) is 2.19. The highest BCUT2D eigenvalue weighted by molar-refractivity contribution is 6.44. The second kappa shape index (κ2) is 3.18. The minimum atomic E-state index is -0.132. The Morgan fingerprint density at radius 1 is 1.36 bits per heavy atom. The third kappa shape index (κ3) is 1.37. The molecule has 0 saturated carbocycles. The van der Waals surface area contributed by atoms with Gasteiger partial charge in [0.15, 0.2) is 11.6 Å². The summed E-state index contributed by atoms with van der Waals surface area (Å²) in [7, 11) is 0. The van der Waals surface area contributed by atoms with Crippen LogP contribution in [0, 0.1) is 0 Å². The summed E-state index contributed by atoms with van der Waals surface area (Å²) in [5.41, 5.74) is 1.57. The smallest absolute Gasteiger partial charge is 0.174 e. The molecule has 0 atom stereocenters. The lowest BCUT2D eigenvalue weighted by Gasteiger charge is -2.11. The van der Waals surface area contributed by atoms with Gasteiger partial charge in [-0.25, -0.2) is 4.99 Å². The summed E-state index contributed by atoms with van der Waals surface area (Å²) >= 11 is 0. The molecule has 0 unspecified atom stereocenters. The number of ketones is 2. The van der Waals surface area contributed by atoms with E-state index in [1.807, 2.05) is 0 Å². The number of benzene rings is 1. The first-order valence-corrected chi connectivity index (χ1v) is 4.39. The maximum absolute atomic E-state index is 11.6. The molecular weight excluding hydrogens is 178 g/mol. The van der Waals surface area contributed by atoms with Crippen molar-refractivity contribution < 1.29 is 9.59 Å². The molecule has 3 nitrogen and oxygen atoms in total. The van der Waals surface area contributed by atoms with Crippen LogP contribution in [-0.2, 0) is 4.79 Å². The second-order valence-electron chi connectivity index (χ2n) is 3.23. The number of hydrogen-bond acceptors (Lipinski definition) is 3. The molecule has 0 amide bonds. The topological polar surface area (TPSA) is 46.5 Å². The van der Waals surface area contributed by atoms with E-state index in [-0.39, 0.29) is 18.0 Å². The molecule has 0 fully saturated rings. The van der Waals surface area contributed by atoms with Crippen molar-refractivity contribution in [2.45, 2.75) is 13.3 Å². The van der Waals surface area contributed by atoms with Crippen LogP contribution in [0.15, 0.2) is 29.3 Å². The third-order valence-electron chi connectivity index (χ3n) is 2.19. The van der Waals surface area contributed by atoms with Crippen LogP contribution in [-0.4, -0.2) is 17.3 Å². The van der Waals surface area contributed by atoms with Crippen molar-refractivity contribution in [3.63, 3.8) is 0 Å². The van der Waals surface area contributed by atoms with Crippen molar-refractivity contribution in [2.75, 3.05) is 0 Å². The number of Topliss-reactive ketones (excluding diaryl/α,β-unsaturated/α-hetero) is 2. The van der Waals surface area contributed by atoms with Gasteiger partial charge in [-0.3, -0.25) is 9.59 Å². The van der Waals surface area contributed by atoms with Crippen LogP contribution in [0.3, 0.4) is 0 Å². The quantitative estimate of drug-likeness (QED) is 0.674. The molecule has 0 aromatic heterocycles. The summed E-state index contributed by atoms with van der Waals surface area (Å²) < 4.78 is 0. The lowest BCUT2D eigenvalue weighted by molar-refractivity contribution is -0.111. The maximum Gasteiger partial charge on any atom is 0.174 e. The Morgan fingerprint density at radius 2 is 2.07 bits per heavy atom. The molecule has 1 aromatic carbocycles. The first-order chi connectivity index (χ1) is 6.68. The van der Waals surface area contributed by atoms with Crippen molar-refractivity contribution in [3.05, 3.63) is 29.8 Å². The number of carbonyl (C=O) groups is 2. The number of fused-ring (bicyclic) bond motifs is 1. The summed E-state index contributed by atoms with van der Waals surface area (Å²) in [6.45, 7) is 1.43. The van der Waals surface area contributed by atoms with Gasteiger partial charge in [-0.05, 0) is 12.1 Å². The molecule has 0 spiro atoms. The molecule has 0 bridgehead atoms. The van der Waals surface area contributed by atoms with E-state index in [1.165, 1.54) is 6.92 Å². The standard InChI is InChI=1S/C11H9NO2/c1-7(13)10-6-11(14)8-4-2-3-5-9(8)12-10/h2-5H,6H2,1H3. The van der Waals surface area contributed by atoms with Gasteiger partial charge < -0.3 is 0 Å². The predicted molar refractivity (Wildman–Crippen MR) is 53.2 cm³/mol. The predicted octanol–water partition coefficient (Wildman–Crippen LogP) is 1.93. The first kappa shape index (κ1) is 8.81. The van der Waals surface area contributed by atoms with Crippen LogP contribution in [0.1, 0.15) is 23.7 Å². The molecule has 3 heteroatoms. The van der Waals surface area contributed by atoms with Gasteiger partial charge >= 0.3 is 0 Å². The van der Waals surface area contributed by atoms with Crippen LogP contribution in [0.4, 0.5) is 5.69 Å². The summed E-state index contributed by atoms with van der Waals surface area (Å²) in [6, 6.07) is 7.08. The van der Waals surface area contributed by atoms with Gasteiger partial charge in [-0.2, -0.15) is 0 Å². The Bertz CT molecular complexity index is 446. The van der Waals surface area contributed by atoms with Crippen LogP contribution < -0.4 is 0 Å². The number of nitrogens with zero attached hydrogens (tertiary/aromatic N) is 1. The molecule has 1 aromatic rings. The van der Waals surface area contributed by atoms with E-state index in [2.05, 4.69) is 4.99 Å². The highest BCUT2D eigenvalue weighted by Crippen LogP contribution is 2.25. The van der Waals surface area contributed by atoms with Crippen LogP contribution in [0.2, 0.25) is 0 Å². The van der Waals surface area contributed by atoms with Crippen molar-refractivity contribution in [3.8, 4) is 0 Å². The minimum Gasteiger partial charge on any atom is -0.294 e. The molecule has 0 saturated heterocycles. The van der Waals surface area contributed by atoms with E-state index < -0.39 is 0 Å². The molecule has 0 aliphatic carbocycles. The van der Waals surface area contributed by atoms with E-state index in [0.717, 1.165) is 0 Å². The van der Waals surface area contributed by atoms with Crippen LogP contribution in [0.25, 0.3) is 0 Å². The fourth-order valence-corrected chi connectivity index (χ4v) is 1.44. The molecule has 1 heterocycles. The van der Waals surface area contributed by atoms with E-state index in [1.54, 1.807) is 24.3 Å². The van der Waals surface area contributed by atoms with Crippen molar-refractivity contribution >= 4 is 23.0 Å². The van der Waals surface area contributed by atoms with Crippen LogP contribution >= 0.6 is 0 Å². The summed E-state index contributed by atoms with van der Waals surface area (Å²) in [5.74, 6) is -0.159. The Morgan fingerprint density at radius 3 is 2.79 bits per heavy atom. The molecule has 1 aliphatic heterocycles. The van der Waals surface area contributed by atoms with Gasteiger partial charge in [0.05, 0.1) is 17.8 Å². The fraction of sp³-hybridized carbons (Fsp3) is 0.182. The molecule has 1 aliphatic rings. The molecule has 70 valence electrons. The van der Waals surface area contributed by atoms with Gasteiger partial charge in [0.1, 0.15) is 0 Å². The minimum absolute atomic E-state index is 0.0270. The Labute approximate surface area is 81.5 Å². The largest absolute Gasteiger partial charge is 0.294 e. The van der Waals surface area contributed by atoms with E-state index in [0.29, 0.717) is 17.0 Å². The highest BCUT2D eigenvalue weighted by atomic mass is 16.1. The number of aliphatic imine (C=N–C) groups is 1. The zero-order valence-corrected chi connectivity index (χ0v) is 7.78. The molecule has 14 heavy (non-hydrogen) atoms. The first-order valence-electron chi connectivity index (χ1n) is 4.39. The van der Waals surface area contributed by atoms with Crippen molar-refractivity contribution in [1.29, 1.82) is 0 Å². The highest BCUT2D eigenvalue weighted by Gasteiger charge is 2.21. The molecule has 0 N–H and O–H groups in total. The monoisotopic (exact) mass is 187 g/mol. The molecule has 2 rings (SSSR count). The summed E-state index contributed by atoms with van der Waals surface area (Å²) in [5, 5.41) is 0. The number of carbonyl (C=O) groups excluding carboxylic acids is 2. The zero-order valence-electron chi connectivity index (χ0n) is 7.78. The lowest BCUT2D eigenvalue weighted by atomic mass is 9.99. The van der Waals surface area contributed by atoms with Crippen molar-refractivity contribution in [2.24, 2.45) is 4.99 Å². The Kier molecular flexibility index (Phi) is 2.00. The zero-order chi connectivity index (χ0) is 10.1. The second-order valence-corrected chi connectivity index (χ2v) is 3.23. The SMILES string of the molecule is CC(=O)C1=Nc2ccccc2C(=O)C1. The van der Waals surface area contributed by atoms with E-state index in [4.69, 9.17) is 0 Å². The Hall–Kier alpha value is -1.77. The average Bonchev–Trinajstić information content (AvgIpc) is 2.17. The van der Waals surface area contributed by atoms with Gasteiger partial charge in [0.2, 0.25) is 0 Å². The van der Waals surface area contributed by atoms with Gasteiger partial charge in [0.25, 0.3) is 0 Å². The molecule has 0 radical (unpaired) electrons. The molecular formula is C11H9NO2. The Balaban J connectivity index is 2.56. The number of para-hydroxylation sites is 1. The van der Waals surface area contributed by atoms with Gasteiger partial charge in [-0.1, -0.05) is 12.1 Å². The summed E-state index contributed by atoms with van der Waals surface area (Å²) in [4.78, 5) is 26.8. The van der Waals surface area contributed by atoms with Gasteiger partial charge in [-0.15, -0.1) is 0 Å². The van der Waals surface area contributed by atoms with Gasteiger partial charge in [0, 0.05) is 12.5 Å². The average molecular weight is 187 g/mol. The van der Waals surface area contributed by atoms with Crippen LogP contribution in [0.5, 0.6) is 0 Å². The summed E-state index contributed by atoms with van der Waals surface area (Å²) in [6.07, 6.45) is 0.131. The normalized spacial score (nSPS) is 14.6. The maximum atomic E-state index is 11.6. The van der Waals surface area contributed by atoms with Crippen molar-refractivity contribution in [1.82, 2.24) is 0 Å². The van der Waals surface area contributed by atoms with E-state index >= 15 is 0 Å². The number of hydrogen-bond donors (Lipinski definition) is 0. The fourth-order valence-electron chi connectivity index (χ4n) is 1.44. The van der Waals surface area contributed by atoms with E-state index in [9.17, 15) is 9.59 Å². The number of rotatable bonds is 1.